The molecule has 7 heteroatoms. The van der Waals surface area contributed by atoms with Gasteiger partial charge in [0.1, 0.15) is 0 Å². The van der Waals surface area contributed by atoms with Gasteiger partial charge in [0.2, 0.25) is 0 Å². The van der Waals surface area contributed by atoms with Crippen molar-refractivity contribution >= 4 is 15.7 Å². The second kappa shape index (κ2) is 6.90. The van der Waals surface area contributed by atoms with Crippen molar-refractivity contribution in [1.29, 1.82) is 0 Å². The normalized spacial score (nSPS) is 18.6. The van der Waals surface area contributed by atoms with Gasteiger partial charge in [-0.25, -0.2) is 13.4 Å². The van der Waals surface area contributed by atoms with E-state index in [4.69, 9.17) is 0 Å². The number of aliphatic hydroxyl groups excluding tert-OH is 1. The molecule has 1 aromatic heterocycles. The minimum absolute atomic E-state index is 0.101. The van der Waals surface area contributed by atoms with Gasteiger partial charge in [-0.05, 0) is 41.7 Å². The second-order valence-electron chi connectivity index (χ2n) is 6.96. The summed E-state index contributed by atoms with van der Waals surface area (Å²) in [7, 11) is -3.48. The third kappa shape index (κ3) is 3.28. The summed E-state index contributed by atoms with van der Waals surface area (Å²) in [5.41, 5.74) is 2.55. The van der Waals surface area contributed by atoms with Crippen LogP contribution in [0.1, 0.15) is 24.5 Å². The van der Waals surface area contributed by atoms with Crippen LogP contribution in [0.15, 0.2) is 70.9 Å². The molecule has 1 aromatic carbocycles. The zero-order valence-electron chi connectivity index (χ0n) is 14.7. The van der Waals surface area contributed by atoms with Crippen molar-refractivity contribution in [3.63, 3.8) is 0 Å². The molecule has 0 spiro atoms. The van der Waals surface area contributed by atoms with Gasteiger partial charge in [0.25, 0.3) is 5.91 Å². The maximum atomic E-state index is 12.8. The molecule has 2 aliphatic rings. The monoisotopic (exact) mass is 384 g/mol. The lowest BCUT2D eigenvalue weighted by Crippen LogP contribution is -2.35. The number of sulfone groups is 1. The summed E-state index contributed by atoms with van der Waals surface area (Å²) in [5.74, 6) is -0.347. The highest BCUT2D eigenvalue weighted by atomic mass is 32.2. The Morgan fingerprint density at radius 3 is 2.26 bits per heavy atom. The molecule has 0 fully saturated rings. The van der Waals surface area contributed by atoms with Gasteiger partial charge in [-0.1, -0.05) is 36.4 Å². The molecule has 0 saturated carbocycles. The van der Waals surface area contributed by atoms with Gasteiger partial charge >= 0.3 is 0 Å². The van der Waals surface area contributed by atoms with E-state index >= 15 is 0 Å². The van der Waals surface area contributed by atoms with Crippen LogP contribution in [0.2, 0.25) is 0 Å². The first kappa shape index (κ1) is 17.9. The molecule has 1 atom stereocenters. The third-order valence-electron chi connectivity index (χ3n) is 5.24. The van der Waals surface area contributed by atoms with Crippen LogP contribution in [-0.4, -0.2) is 47.7 Å². The van der Waals surface area contributed by atoms with Crippen LogP contribution in [0.5, 0.6) is 0 Å². The zero-order chi connectivity index (χ0) is 19.0. The van der Waals surface area contributed by atoms with E-state index in [2.05, 4.69) is 4.98 Å². The van der Waals surface area contributed by atoms with Gasteiger partial charge in [0.15, 0.2) is 21.0 Å². The van der Waals surface area contributed by atoms with E-state index in [0.717, 1.165) is 11.1 Å². The zero-order valence-corrected chi connectivity index (χ0v) is 15.5. The van der Waals surface area contributed by atoms with E-state index < -0.39 is 21.2 Å². The number of pyridine rings is 1. The predicted molar refractivity (Wildman–Crippen MR) is 99.5 cm³/mol. The van der Waals surface area contributed by atoms with E-state index in [0.29, 0.717) is 31.5 Å². The predicted octanol–water partition coefficient (Wildman–Crippen LogP) is 1.89. The van der Waals surface area contributed by atoms with Crippen LogP contribution in [0.3, 0.4) is 0 Å². The van der Waals surface area contributed by atoms with E-state index in [1.165, 1.54) is 12.3 Å². The molecule has 140 valence electrons. The maximum Gasteiger partial charge on any atom is 0.256 e. The quantitative estimate of drug-likeness (QED) is 0.814. The minimum atomic E-state index is -3.48. The molecule has 1 aliphatic carbocycles. The molecule has 27 heavy (non-hydrogen) atoms. The van der Waals surface area contributed by atoms with Gasteiger partial charge < -0.3 is 10.0 Å². The number of hydrogen-bond donors (Lipinski definition) is 1. The Kier molecular flexibility index (Phi) is 4.57. The van der Waals surface area contributed by atoms with Crippen LogP contribution in [0.4, 0.5) is 0 Å². The minimum Gasteiger partial charge on any atom is -0.378 e. The number of hydrogen-bond acceptors (Lipinski definition) is 5. The summed E-state index contributed by atoms with van der Waals surface area (Å²) in [6.07, 6.45) is 1.12. The van der Waals surface area contributed by atoms with Crippen LogP contribution < -0.4 is 0 Å². The molecule has 1 N–H and O–H groups in total. The van der Waals surface area contributed by atoms with Gasteiger partial charge in [-0.15, -0.1) is 0 Å². The molecule has 2 heterocycles. The van der Waals surface area contributed by atoms with Crippen molar-refractivity contribution < 1.29 is 18.3 Å². The van der Waals surface area contributed by atoms with Crippen molar-refractivity contribution in [3.05, 3.63) is 71.4 Å². The van der Waals surface area contributed by atoms with Gasteiger partial charge in [0, 0.05) is 19.3 Å². The Morgan fingerprint density at radius 1 is 1.04 bits per heavy atom. The Hall–Kier alpha value is -2.51. The highest BCUT2D eigenvalue weighted by Gasteiger charge is 2.40. The summed E-state index contributed by atoms with van der Waals surface area (Å²) in [6.45, 7) is 0.762. The molecular formula is C20H20N2O4S. The molecule has 4 rings (SSSR count). The Morgan fingerprint density at radius 2 is 1.67 bits per heavy atom. The smallest absolute Gasteiger partial charge is 0.256 e. The lowest BCUT2D eigenvalue weighted by molar-refractivity contribution is -0.139. The number of nitrogens with zero attached hydrogens (tertiary/aromatic N) is 2. The number of benzene rings is 1. The van der Waals surface area contributed by atoms with E-state index in [1.807, 2.05) is 6.07 Å². The second-order valence-corrected chi connectivity index (χ2v) is 9.13. The number of aliphatic hydroxyl groups is 1. The van der Waals surface area contributed by atoms with E-state index in [1.54, 1.807) is 41.3 Å². The Bertz CT molecular complexity index is 969. The maximum absolute atomic E-state index is 12.8. The number of carbonyl (C=O) groups excluding carboxylic acids is 1. The topological polar surface area (TPSA) is 87.6 Å². The molecular weight excluding hydrogens is 364 g/mol. The standard InChI is InChI=1S/C20H20N2O4S/c23-19(14-6-2-1-3-7-14)20(24)22-12-15-10-17(11-16(15)13-22)27(25,26)18-8-4-5-9-21-18/h1-9,17,19,23H,10-13H2/t19-/m1/s1. The van der Waals surface area contributed by atoms with E-state index in [9.17, 15) is 18.3 Å². The molecule has 0 saturated heterocycles. The Labute approximate surface area is 158 Å². The molecule has 1 amide bonds. The summed E-state index contributed by atoms with van der Waals surface area (Å²) in [6, 6.07) is 13.7. The number of amides is 1. The lowest BCUT2D eigenvalue weighted by Gasteiger charge is -2.23. The van der Waals surface area contributed by atoms with Crippen molar-refractivity contribution in [2.24, 2.45) is 0 Å². The van der Waals surface area contributed by atoms with Crippen LogP contribution >= 0.6 is 0 Å². The van der Waals surface area contributed by atoms with Crippen molar-refractivity contribution in [2.45, 2.75) is 29.2 Å². The van der Waals surface area contributed by atoms with Gasteiger partial charge in [0.05, 0.1) is 5.25 Å². The SMILES string of the molecule is O=C([C@H](O)c1ccccc1)N1CC2=C(CC(S(=O)(=O)c3ccccn3)C2)C1. The van der Waals surface area contributed by atoms with E-state index in [-0.39, 0.29) is 10.9 Å². The van der Waals surface area contributed by atoms with Crippen molar-refractivity contribution in [3.8, 4) is 0 Å². The number of rotatable bonds is 4. The van der Waals surface area contributed by atoms with Crippen LogP contribution in [0, 0.1) is 0 Å². The highest BCUT2D eigenvalue weighted by molar-refractivity contribution is 7.92. The molecule has 0 unspecified atom stereocenters. The van der Waals surface area contributed by atoms with Crippen LogP contribution in [0.25, 0.3) is 0 Å². The first-order valence-electron chi connectivity index (χ1n) is 8.83. The fourth-order valence-electron chi connectivity index (χ4n) is 3.79. The van der Waals surface area contributed by atoms with Crippen molar-refractivity contribution in [2.75, 3.05) is 13.1 Å². The number of carbonyl (C=O) groups is 1. The van der Waals surface area contributed by atoms with Gasteiger partial charge in [-0.3, -0.25) is 4.79 Å². The average Bonchev–Trinajstić information content (AvgIpc) is 3.28. The Balaban J connectivity index is 1.42. The number of likely N-dealkylation sites (tertiary alicyclic amines) is 1. The van der Waals surface area contributed by atoms with Crippen LogP contribution in [-0.2, 0) is 14.6 Å². The first-order chi connectivity index (χ1) is 13.0. The van der Waals surface area contributed by atoms with Gasteiger partial charge in [-0.2, -0.15) is 0 Å². The highest BCUT2D eigenvalue weighted by Crippen LogP contribution is 2.38. The molecule has 6 nitrogen and oxygen atoms in total. The molecule has 0 radical (unpaired) electrons. The fraction of sp³-hybridized carbons (Fsp3) is 0.300. The fourth-order valence-corrected chi connectivity index (χ4v) is 5.45. The summed E-state index contributed by atoms with van der Waals surface area (Å²) in [5, 5.41) is 9.91. The first-order valence-corrected chi connectivity index (χ1v) is 10.4. The molecule has 2 aromatic rings. The lowest BCUT2D eigenvalue weighted by atomic mass is 10.1. The average molecular weight is 384 g/mol. The molecule has 0 bridgehead atoms. The third-order valence-corrected chi connectivity index (χ3v) is 7.28. The van der Waals surface area contributed by atoms with Crippen molar-refractivity contribution in [1.82, 2.24) is 9.88 Å². The summed E-state index contributed by atoms with van der Waals surface area (Å²) >= 11 is 0. The summed E-state index contributed by atoms with van der Waals surface area (Å²) in [4.78, 5) is 18.2. The largest absolute Gasteiger partial charge is 0.378 e. The molecule has 1 aliphatic heterocycles. The summed E-state index contributed by atoms with van der Waals surface area (Å²) < 4.78 is 25.5. The number of aromatic nitrogens is 1.